The first-order valence-electron chi connectivity index (χ1n) is 6.72. The summed E-state index contributed by atoms with van der Waals surface area (Å²) in [5, 5.41) is 0. The molecule has 1 fully saturated rings. The summed E-state index contributed by atoms with van der Waals surface area (Å²) in [4.78, 5) is 12.3. The summed E-state index contributed by atoms with van der Waals surface area (Å²) in [5.41, 5.74) is 1.02. The second-order valence-electron chi connectivity index (χ2n) is 6.22. The van der Waals surface area contributed by atoms with Gasteiger partial charge in [-0.1, -0.05) is 24.3 Å². The highest BCUT2D eigenvalue weighted by Crippen LogP contribution is 2.45. The Morgan fingerprint density at radius 2 is 2.00 bits per heavy atom. The maximum Gasteiger partial charge on any atom is 0.426 e. The number of fused-ring (bicyclic) bond motifs is 3. The molecule has 1 aliphatic carbocycles. The Bertz CT molecular complexity index is 692. The molecule has 1 saturated heterocycles. The lowest BCUT2D eigenvalue weighted by atomic mass is 10.1. The van der Waals surface area contributed by atoms with Gasteiger partial charge >= 0.3 is 16.4 Å². The zero-order chi connectivity index (χ0) is 15.4. The van der Waals surface area contributed by atoms with Gasteiger partial charge in [-0.2, -0.15) is 12.7 Å². The molecule has 1 aromatic rings. The van der Waals surface area contributed by atoms with E-state index in [-0.39, 0.29) is 0 Å². The summed E-state index contributed by atoms with van der Waals surface area (Å²) in [5.74, 6) is 0. The van der Waals surface area contributed by atoms with Gasteiger partial charge in [-0.15, -0.1) is 0 Å². The van der Waals surface area contributed by atoms with Crippen LogP contribution in [0.3, 0.4) is 0 Å². The van der Waals surface area contributed by atoms with Crippen LogP contribution in [-0.2, 0) is 25.6 Å². The number of hydrogen-bond acceptors (Lipinski definition) is 5. The molecule has 3 rings (SSSR count). The van der Waals surface area contributed by atoms with E-state index < -0.39 is 34.1 Å². The predicted molar refractivity (Wildman–Crippen MR) is 74.8 cm³/mol. The van der Waals surface area contributed by atoms with Crippen LogP contribution in [0.5, 0.6) is 0 Å². The quantitative estimate of drug-likeness (QED) is 0.734. The second-order valence-corrected chi connectivity index (χ2v) is 7.66. The van der Waals surface area contributed by atoms with E-state index in [1.807, 2.05) is 24.3 Å². The molecule has 0 saturated carbocycles. The van der Waals surface area contributed by atoms with Crippen LogP contribution in [-0.4, -0.2) is 30.5 Å². The number of ether oxygens (including phenoxy) is 1. The fraction of sp³-hybridized carbons (Fsp3) is 0.500. The summed E-state index contributed by atoms with van der Waals surface area (Å²) >= 11 is 0. The SMILES string of the molecule is CC(C)(C)OC(=O)N1[C@H]2c3ccccc3CC2OS1(=O)=O. The number of benzene rings is 1. The molecule has 1 heterocycles. The van der Waals surface area contributed by atoms with E-state index in [4.69, 9.17) is 8.92 Å². The molecule has 0 spiro atoms. The first kappa shape index (κ1) is 14.3. The monoisotopic (exact) mass is 311 g/mol. The molecule has 1 amide bonds. The van der Waals surface area contributed by atoms with Crippen LogP contribution in [0.2, 0.25) is 0 Å². The smallest absolute Gasteiger partial charge is 0.426 e. The Hall–Kier alpha value is -1.60. The molecule has 7 heteroatoms. The Balaban J connectivity index is 2.00. The lowest BCUT2D eigenvalue weighted by Gasteiger charge is -2.25. The van der Waals surface area contributed by atoms with Gasteiger partial charge in [0.1, 0.15) is 17.7 Å². The summed E-state index contributed by atoms with van der Waals surface area (Å²) in [6.45, 7) is 5.07. The van der Waals surface area contributed by atoms with Crippen molar-refractivity contribution in [1.29, 1.82) is 0 Å². The molecule has 21 heavy (non-hydrogen) atoms. The zero-order valence-corrected chi connectivity index (χ0v) is 12.9. The summed E-state index contributed by atoms with van der Waals surface area (Å²) in [6.07, 6.45) is -0.994. The van der Waals surface area contributed by atoms with Gasteiger partial charge in [0.2, 0.25) is 0 Å². The summed E-state index contributed by atoms with van der Waals surface area (Å²) in [7, 11) is -4.10. The van der Waals surface area contributed by atoms with Crippen molar-refractivity contribution in [3.63, 3.8) is 0 Å². The molecule has 1 unspecified atom stereocenters. The molecule has 114 valence electrons. The predicted octanol–water partition coefficient (Wildman–Crippen LogP) is 2.16. The van der Waals surface area contributed by atoms with Crippen LogP contribution in [0.25, 0.3) is 0 Å². The number of rotatable bonds is 0. The van der Waals surface area contributed by atoms with Crippen LogP contribution < -0.4 is 0 Å². The molecule has 0 aromatic heterocycles. The zero-order valence-electron chi connectivity index (χ0n) is 12.1. The van der Waals surface area contributed by atoms with Crippen molar-refractivity contribution >= 4 is 16.4 Å². The lowest BCUT2D eigenvalue weighted by molar-refractivity contribution is 0.0342. The summed E-state index contributed by atoms with van der Waals surface area (Å²) < 4.78 is 35.3. The molecule has 0 bridgehead atoms. The average molecular weight is 311 g/mol. The van der Waals surface area contributed by atoms with E-state index in [2.05, 4.69) is 0 Å². The van der Waals surface area contributed by atoms with Crippen molar-refractivity contribution in [2.24, 2.45) is 0 Å². The van der Waals surface area contributed by atoms with E-state index in [0.29, 0.717) is 6.42 Å². The standard InChI is InChI=1S/C14H17NO5S/c1-14(2,3)19-13(16)15-12-10-7-5-4-6-9(10)8-11(12)20-21(15,17)18/h4-7,11-12H,8H2,1-3H3/t11?,12-/m0/s1. The van der Waals surface area contributed by atoms with E-state index in [0.717, 1.165) is 15.4 Å². The Morgan fingerprint density at radius 1 is 1.33 bits per heavy atom. The van der Waals surface area contributed by atoms with Crippen molar-refractivity contribution in [1.82, 2.24) is 4.31 Å². The number of carbonyl (C=O) groups excluding carboxylic acids is 1. The lowest BCUT2D eigenvalue weighted by Crippen LogP contribution is -2.39. The molecule has 2 aliphatic rings. The van der Waals surface area contributed by atoms with E-state index in [1.165, 1.54) is 0 Å². The van der Waals surface area contributed by atoms with E-state index in [9.17, 15) is 13.2 Å². The van der Waals surface area contributed by atoms with E-state index in [1.54, 1.807) is 20.8 Å². The Labute approximate surface area is 123 Å². The Kier molecular flexibility index (Phi) is 3.04. The third-order valence-electron chi connectivity index (χ3n) is 3.46. The van der Waals surface area contributed by atoms with Crippen molar-refractivity contribution < 1.29 is 22.1 Å². The van der Waals surface area contributed by atoms with Crippen molar-refractivity contribution in [2.45, 2.75) is 44.9 Å². The van der Waals surface area contributed by atoms with Gasteiger partial charge in [0.25, 0.3) is 0 Å². The van der Waals surface area contributed by atoms with Crippen LogP contribution in [0.15, 0.2) is 24.3 Å². The van der Waals surface area contributed by atoms with Crippen molar-refractivity contribution in [3.8, 4) is 0 Å². The topological polar surface area (TPSA) is 72.9 Å². The minimum absolute atomic E-state index is 0.472. The molecular formula is C14H17NO5S. The van der Waals surface area contributed by atoms with Crippen LogP contribution >= 0.6 is 0 Å². The number of nitrogens with zero attached hydrogens (tertiary/aromatic N) is 1. The second kappa shape index (κ2) is 4.45. The highest BCUT2D eigenvalue weighted by atomic mass is 32.2. The first-order chi connectivity index (χ1) is 9.69. The molecule has 1 aromatic carbocycles. The number of carbonyl (C=O) groups is 1. The molecule has 0 radical (unpaired) electrons. The highest BCUT2D eigenvalue weighted by Gasteiger charge is 2.54. The fourth-order valence-corrected chi connectivity index (χ4v) is 4.08. The van der Waals surface area contributed by atoms with Gasteiger partial charge in [-0.05, 0) is 31.9 Å². The normalized spacial score (nSPS) is 26.3. The van der Waals surface area contributed by atoms with Crippen molar-refractivity contribution in [3.05, 3.63) is 35.4 Å². The maximum atomic E-state index is 12.3. The first-order valence-corrected chi connectivity index (χ1v) is 8.09. The van der Waals surface area contributed by atoms with Gasteiger partial charge in [-0.25, -0.2) is 8.98 Å². The molecule has 6 nitrogen and oxygen atoms in total. The number of hydrogen-bond donors (Lipinski definition) is 0. The molecule has 0 N–H and O–H groups in total. The third-order valence-corrected chi connectivity index (χ3v) is 4.81. The maximum absolute atomic E-state index is 12.3. The van der Waals surface area contributed by atoms with Gasteiger partial charge in [0, 0.05) is 6.42 Å². The van der Waals surface area contributed by atoms with Crippen molar-refractivity contribution in [2.75, 3.05) is 0 Å². The summed E-state index contributed by atoms with van der Waals surface area (Å²) in [6, 6.07) is 6.80. The van der Waals surface area contributed by atoms with E-state index >= 15 is 0 Å². The number of amides is 1. The highest BCUT2D eigenvalue weighted by molar-refractivity contribution is 7.85. The molecule has 1 aliphatic heterocycles. The minimum atomic E-state index is -4.10. The Morgan fingerprint density at radius 3 is 2.67 bits per heavy atom. The molecular weight excluding hydrogens is 294 g/mol. The average Bonchev–Trinajstić information content (AvgIpc) is 2.76. The van der Waals surface area contributed by atoms with Gasteiger partial charge in [0.15, 0.2) is 0 Å². The van der Waals surface area contributed by atoms with Crippen LogP contribution in [0, 0.1) is 0 Å². The third kappa shape index (κ3) is 2.40. The van der Waals surface area contributed by atoms with Crippen LogP contribution in [0.1, 0.15) is 37.9 Å². The van der Waals surface area contributed by atoms with Gasteiger partial charge < -0.3 is 4.74 Å². The fourth-order valence-electron chi connectivity index (χ4n) is 2.75. The van der Waals surface area contributed by atoms with Gasteiger partial charge in [-0.3, -0.25) is 0 Å². The largest absolute Gasteiger partial charge is 0.443 e. The van der Waals surface area contributed by atoms with Gasteiger partial charge in [0.05, 0.1) is 0 Å². The molecule has 2 atom stereocenters. The van der Waals surface area contributed by atoms with Crippen LogP contribution in [0.4, 0.5) is 4.79 Å². The minimum Gasteiger partial charge on any atom is -0.443 e.